The minimum absolute atomic E-state index is 0.0458. The van der Waals surface area contributed by atoms with Crippen LogP contribution in [0.4, 0.5) is 0 Å². The van der Waals surface area contributed by atoms with Crippen molar-refractivity contribution in [2.75, 3.05) is 0 Å². The number of hydrogen-bond donors (Lipinski definition) is 1. The molecule has 24 heavy (non-hydrogen) atoms. The molecule has 0 saturated carbocycles. The van der Waals surface area contributed by atoms with Gasteiger partial charge in [0.25, 0.3) is 0 Å². The van der Waals surface area contributed by atoms with Crippen LogP contribution >= 0.6 is 11.8 Å². The van der Waals surface area contributed by atoms with Crippen LogP contribution in [-0.4, -0.2) is 11.2 Å². The summed E-state index contributed by atoms with van der Waals surface area (Å²) >= 11 is 1.61. The van der Waals surface area contributed by atoms with Gasteiger partial charge < -0.3 is 5.32 Å². The van der Waals surface area contributed by atoms with E-state index in [2.05, 4.69) is 61.6 Å². The highest BCUT2D eigenvalue weighted by Crippen LogP contribution is 2.27. The lowest BCUT2D eigenvalue weighted by Crippen LogP contribution is -2.33. The quantitative estimate of drug-likeness (QED) is 0.790. The number of amides is 1. The summed E-state index contributed by atoms with van der Waals surface area (Å²) in [5.41, 5.74) is 5.37. The lowest BCUT2D eigenvalue weighted by atomic mass is 10.0. The summed E-state index contributed by atoms with van der Waals surface area (Å²) in [7, 11) is 0. The van der Waals surface area contributed by atoms with E-state index in [4.69, 9.17) is 0 Å². The molecule has 1 N–H and O–H groups in total. The number of nitrogens with one attached hydrogen (secondary N) is 1. The SMILES string of the molecule is Cc1ccc(SC(C)C(=O)NC(C)c2ccc3c(c2)CCC3)cc1. The molecule has 2 nitrogen and oxygen atoms in total. The molecule has 0 saturated heterocycles. The molecule has 1 aliphatic carbocycles. The molecule has 0 fully saturated rings. The van der Waals surface area contributed by atoms with Gasteiger partial charge in [-0.3, -0.25) is 4.79 Å². The van der Waals surface area contributed by atoms with Crippen LogP contribution < -0.4 is 5.32 Å². The van der Waals surface area contributed by atoms with Crippen molar-refractivity contribution < 1.29 is 4.79 Å². The van der Waals surface area contributed by atoms with Crippen LogP contribution in [0.15, 0.2) is 47.4 Å². The molecule has 1 aliphatic rings. The molecule has 2 aromatic carbocycles. The zero-order valence-corrected chi connectivity index (χ0v) is 15.5. The first-order valence-corrected chi connectivity index (χ1v) is 9.56. The Morgan fingerprint density at radius 1 is 1.04 bits per heavy atom. The molecular formula is C21H25NOS. The van der Waals surface area contributed by atoms with Gasteiger partial charge >= 0.3 is 0 Å². The van der Waals surface area contributed by atoms with Gasteiger partial charge in [0.05, 0.1) is 11.3 Å². The van der Waals surface area contributed by atoms with E-state index in [1.54, 1.807) is 11.8 Å². The third-order valence-corrected chi connectivity index (χ3v) is 5.80. The van der Waals surface area contributed by atoms with Crippen molar-refractivity contribution in [3.63, 3.8) is 0 Å². The number of aryl methyl sites for hydroxylation is 3. The second-order valence-corrected chi connectivity index (χ2v) is 8.10. The van der Waals surface area contributed by atoms with Crippen molar-refractivity contribution >= 4 is 17.7 Å². The number of fused-ring (bicyclic) bond motifs is 1. The van der Waals surface area contributed by atoms with Crippen molar-refractivity contribution in [3.8, 4) is 0 Å². The first kappa shape index (κ1) is 17.1. The average Bonchev–Trinajstić information content (AvgIpc) is 3.04. The summed E-state index contributed by atoms with van der Waals surface area (Å²) < 4.78 is 0. The molecule has 2 aromatic rings. The molecule has 0 aliphatic heterocycles. The maximum absolute atomic E-state index is 12.5. The third-order valence-electron chi connectivity index (χ3n) is 4.68. The summed E-state index contributed by atoms with van der Waals surface area (Å²) in [5.74, 6) is 0.0913. The van der Waals surface area contributed by atoms with Crippen LogP contribution in [0.1, 0.15) is 48.6 Å². The van der Waals surface area contributed by atoms with E-state index in [1.165, 1.54) is 41.5 Å². The van der Waals surface area contributed by atoms with Crippen LogP contribution in [-0.2, 0) is 17.6 Å². The molecule has 0 radical (unpaired) electrons. The topological polar surface area (TPSA) is 29.1 Å². The first-order chi connectivity index (χ1) is 11.5. The molecule has 3 heteroatoms. The maximum atomic E-state index is 12.5. The van der Waals surface area contributed by atoms with Crippen molar-refractivity contribution in [2.24, 2.45) is 0 Å². The van der Waals surface area contributed by atoms with E-state index in [0.29, 0.717) is 0 Å². The lowest BCUT2D eigenvalue weighted by molar-refractivity contribution is -0.120. The molecule has 2 atom stereocenters. The predicted octanol–water partition coefficient (Wildman–Crippen LogP) is 4.84. The highest BCUT2D eigenvalue weighted by molar-refractivity contribution is 8.00. The maximum Gasteiger partial charge on any atom is 0.233 e. The number of hydrogen-bond acceptors (Lipinski definition) is 2. The molecule has 0 aromatic heterocycles. The monoisotopic (exact) mass is 339 g/mol. The van der Waals surface area contributed by atoms with Crippen molar-refractivity contribution in [2.45, 2.75) is 56.2 Å². The van der Waals surface area contributed by atoms with Gasteiger partial charge in [0, 0.05) is 4.90 Å². The fraction of sp³-hybridized carbons (Fsp3) is 0.381. The molecule has 1 amide bonds. The van der Waals surface area contributed by atoms with E-state index < -0.39 is 0 Å². The van der Waals surface area contributed by atoms with Crippen LogP contribution in [0, 0.1) is 6.92 Å². The van der Waals surface area contributed by atoms with Gasteiger partial charge in [-0.05, 0) is 68.9 Å². The van der Waals surface area contributed by atoms with Gasteiger partial charge in [0.15, 0.2) is 0 Å². The predicted molar refractivity (Wildman–Crippen MR) is 102 cm³/mol. The number of benzene rings is 2. The standard InChI is InChI=1S/C21H25NOS/c1-14-7-11-20(12-8-14)24-16(3)21(23)22-15(2)18-10-9-17-5-4-6-19(17)13-18/h7-13,15-16H,4-6H2,1-3H3,(H,22,23). The fourth-order valence-corrected chi connectivity index (χ4v) is 4.03. The van der Waals surface area contributed by atoms with Gasteiger partial charge in [0.2, 0.25) is 5.91 Å². The van der Waals surface area contributed by atoms with Gasteiger partial charge in [0.1, 0.15) is 0 Å². The van der Waals surface area contributed by atoms with E-state index in [-0.39, 0.29) is 17.2 Å². The summed E-state index contributed by atoms with van der Waals surface area (Å²) in [5, 5.41) is 3.05. The number of rotatable bonds is 5. The minimum atomic E-state index is -0.107. The summed E-state index contributed by atoms with van der Waals surface area (Å²) in [6.07, 6.45) is 3.62. The lowest BCUT2D eigenvalue weighted by Gasteiger charge is -2.18. The van der Waals surface area contributed by atoms with Crippen molar-refractivity contribution in [1.29, 1.82) is 0 Å². The third kappa shape index (κ3) is 4.02. The smallest absolute Gasteiger partial charge is 0.233 e. The Labute approximate surface area is 149 Å². The highest BCUT2D eigenvalue weighted by atomic mass is 32.2. The van der Waals surface area contributed by atoms with Crippen molar-refractivity contribution in [3.05, 3.63) is 64.7 Å². The molecule has 126 valence electrons. The Balaban J connectivity index is 1.60. The van der Waals surface area contributed by atoms with Crippen molar-refractivity contribution in [1.82, 2.24) is 5.32 Å². The number of carbonyl (C=O) groups excluding carboxylic acids is 1. The molecule has 3 rings (SSSR count). The Hall–Kier alpha value is -1.74. The highest BCUT2D eigenvalue weighted by Gasteiger charge is 2.19. The Morgan fingerprint density at radius 3 is 2.50 bits per heavy atom. The number of thioether (sulfide) groups is 1. The zero-order valence-electron chi connectivity index (χ0n) is 14.6. The Bertz CT molecular complexity index is 723. The number of carbonyl (C=O) groups is 1. The van der Waals surface area contributed by atoms with E-state index >= 15 is 0 Å². The molecule has 0 spiro atoms. The largest absolute Gasteiger partial charge is 0.349 e. The van der Waals surface area contributed by atoms with Crippen LogP contribution in [0.25, 0.3) is 0 Å². The normalized spacial score (nSPS) is 15.6. The summed E-state index contributed by atoms with van der Waals surface area (Å²) in [6, 6.07) is 15.0. The Kier molecular flexibility index (Phi) is 5.30. The van der Waals surface area contributed by atoms with Gasteiger partial charge in [-0.1, -0.05) is 35.9 Å². The van der Waals surface area contributed by atoms with Gasteiger partial charge in [-0.15, -0.1) is 11.8 Å². The van der Waals surface area contributed by atoms with Crippen LogP contribution in [0.3, 0.4) is 0 Å². The van der Waals surface area contributed by atoms with E-state index in [9.17, 15) is 4.79 Å². The fourth-order valence-electron chi connectivity index (χ4n) is 3.15. The summed E-state index contributed by atoms with van der Waals surface area (Å²) in [4.78, 5) is 13.6. The molecule has 0 bridgehead atoms. The van der Waals surface area contributed by atoms with Crippen LogP contribution in [0.5, 0.6) is 0 Å². The van der Waals surface area contributed by atoms with E-state index in [0.717, 1.165) is 4.90 Å². The second kappa shape index (κ2) is 7.43. The Morgan fingerprint density at radius 2 is 1.75 bits per heavy atom. The second-order valence-electron chi connectivity index (χ2n) is 6.69. The summed E-state index contributed by atoms with van der Waals surface area (Å²) in [6.45, 7) is 6.11. The molecular weight excluding hydrogens is 314 g/mol. The molecule has 2 unspecified atom stereocenters. The van der Waals surface area contributed by atoms with E-state index in [1.807, 2.05) is 6.92 Å². The van der Waals surface area contributed by atoms with Crippen LogP contribution in [0.2, 0.25) is 0 Å². The van der Waals surface area contributed by atoms with Gasteiger partial charge in [-0.25, -0.2) is 0 Å². The first-order valence-electron chi connectivity index (χ1n) is 8.68. The average molecular weight is 340 g/mol. The molecule has 0 heterocycles. The minimum Gasteiger partial charge on any atom is -0.349 e. The zero-order chi connectivity index (χ0) is 17.1. The van der Waals surface area contributed by atoms with Gasteiger partial charge in [-0.2, -0.15) is 0 Å².